The molecule has 0 spiro atoms. The van der Waals surface area contributed by atoms with E-state index in [4.69, 9.17) is 0 Å². The standard InChI is InChI=1S/C23H29N7O/c1-15-10-16(2)12-18(11-15)26-23-24-7-6-19(27-23)20-13-21(29(4)28-20)22(31)25-17(3)14-30-8-5-9-30/h6-7,10-13,17H,5,8-9,14H2,1-4H3,(H,25,31)(H,24,26,27)/t17-/m0/s1. The van der Waals surface area contributed by atoms with E-state index in [1.165, 1.54) is 17.5 Å². The number of aromatic nitrogens is 4. The Labute approximate surface area is 182 Å². The summed E-state index contributed by atoms with van der Waals surface area (Å²) < 4.78 is 1.60. The summed E-state index contributed by atoms with van der Waals surface area (Å²) in [5.74, 6) is 0.360. The van der Waals surface area contributed by atoms with Crippen LogP contribution in [0.1, 0.15) is 35.0 Å². The van der Waals surface area contributed by atoms with Crippen molar-refractivity contribution in [3.05, 3.63) is 53.3 Å². The number of rotatable bonds is 7. The van der Waals surface area contributed by atoms with Gasteiger partial charge in [0, 0.05) is 31.5 Å². The molecule has 0 saturated carbocycles. The first kappa shape index (κ1) is 21.0. The molecule has 4 rings (SSSR count). The van der Waals surface area contributed by atoms with E-state index in [1.807, 2.05) is 19.1 Å². The highest BCUT2D eigenvalue weighted by atomic mass is 16.2. The quantitative estimate of drug-likeness (QED) is 0.612. The lowest BCUT2D eigenvalue weighted by Crippen LogP contribution is -2.47. The number of nitrogens with zero attached hydrogens (tertiary/aromatic N) is 5. The molecule has 1 aliphatic rings. The molecular weight excluding hydrogens is 390 g/mol. The second-order valence-corrected chi connectivity index (χ2v) is 8.33. The molecule has 0 radical (unpaired) electrons. The molecular formula is C23H29N7O. The van der Waals surface area contributed by atoms with Gasteiger partial charge in [-0.3, -0.25) is 9.48 Å². The lowest BCUT2D eigenvalue weighted by atomic mass is 10.1. The summed E-state index contributed by atoms with van der Waals surface area (Å²) >= 11 is 0. The van der Waals surface area contributed by atoms with Crippen molar-refractivity contribution in [2.24, 2.45) is 7.05 Å². The number of nitrogens with one attached hydrogen (secondary N) is 2. The fraction of sp³-hybridized carbons (Fsp3) is 0.391. The molecule has 3 heterocycles. The minimum Gasteiger partial charge on any atom is -0.347 e. The van der Waals surface area contributed by atoms with Crippen LogP contribution in [-0.2, 0) is 7.05 Å². The van der Waals surface area contributed by atoms with Crippen LogP contribution in [0.2, 0.25) is 0 Å². The van der Waals surface area contributed by atoms with Gasteiger partial charge in [0.1, 0.15) is 11.4 Å². The van der Waals surface area contributed by atoms with E-state index >= 15 is 0 Å². The Morgan fingerprint density at radius 2 is 1.87 bits per heavy atom. The van der Waals surface area contributed by atoms with Gasteiger partial charge in [-0.1, -0.05) is 6.07 Å². The summed E-state index contributed by atoms with van der Waals surface area (Å²) in [6.07, 6.45) is 2.93. The molecule has 8 nitrogen and oxygen atoms in total. The van der Waals surface area contributed by atoms with Crippen LogP contribution in [0.25, 0.3) is 11.4 Å². The second kappa shape index (κ2) is 8.85. The Balaban J connectivity index is 1.48. The van der Waals surface area contributed by atoms with E-state index in [2.05, 4.69) is 50.5 Å². The van der Waals surface area contributed by atoms with E-state index in [0.29, 0.717) is 23.0 Å². The van der Waals surface area contributed by atoms with Gasteiger partial charge in [0.05, 0.1) is 5.69 Å². The molecule has 1 atom stereocenters. The van der Waals surface area contributed by atoms with Gasteiger partial charge in [-0.25, -0.2) is 9.97 Å². The largest absolute Gasteiger partial charge is 0.347 e. The van der Waals surface area contributed by atoms with E-state index in [9.17, 15) is 4.79 Å². The molecule has 0 unspecified atom stereocenters. The first-order chi connectivity index (χ1) is 14.9. The summed E-state index contributed by atoms with van der Waals surface area (Å²) in [6, 6.07) is 9.87. The average Bonchev–Trinajstić information content (AvgIpc) is 3.06. The summed E-state index contributed by atoms with van der Waals surface area (Å²) in [6.45, 7) is 9.24. The Bertz CT molecular complexity index is 1070. The van der Waals surface area contributed by atoms with Gasteiger partial charge in [0.2, 0.25) is 5.95 Å². The Morgan fingerprint density at radius 3 is 2.55 bits per heavy atom. The molecule has 31 heavy (non-hydrogen) atoms. The maximum Gasteiger partial charge on any atom is 0.269 e. The lowest BCUT2D eigenvalue weighted by Gasteiger charge is -2.33. The van der Waals surface area contributed by atoms with Crippen molar-refractivity contribution < 1.29 is 4.79 Å². The monoisotopic (exact) mass is 419 g/mol. The van der Waals surface area contributed by atoms with Crippen LogP contribution in [0, 0.1) is 13.8 Å². The Kier molecular flexibility index (Phi) is 5.99. The van der Waals surface area contributed by atoms with E-state index < -0.39 is 0 Å². The van der Waals surface area contributed by atoms with Crippen molar-refractivity contribution >= 4 is 17.5 Å². The zero-order valence-corrected chi connectivity index (χ0v) is 18.5. The number of hydrogen-bond acceptors (Lipinski definition) is 6. The van der Waals surface area contributed by atoms with Crippen LogP contribution in [0.5, 0.6) is 0 Å². The summed E-state index contributed by atoms with van der Waals surface area (Å²) in [5.41, 5.74) is 5.07. The van der Waals surface area contributed by atoms with Crippen LogP contribution in [0.15, 0.2) is 36.5 Å². The predicted octanol–water partition coefficient (Wildman–Crippen LogP) is 3.06. The van der Waals surface area contributed by atoms with Crippen LogP contribution >= 0.6 is 0 Å². The number of anilines is 2. The fourth-order valence-electron chi connectivity index (χ4n) is 3.84. The highest BCUT2D eigenvalue weighted by molar-refractivity contribution is 5.93. The average molecular weight is 420 g/mol. The Morgan fingerprint density at radius 1 is 1.13 bits per heavy atom. The zero-order valence-electron chi connectivity index (χ0n) is 18.5. The van der Waals surface area contributed by atoms with Crippen molar-refractivity contribution in [3.8, 4) is 11.4 Å². The molecule has 2 N–H and O–H groups in total. The number of aryl methyl sites for hydroxylation is 3. The molecule has 1 aromatic carbocycles. The van der Waals surface area contributed by atoms with Crippen LogP contribution in [0.4, 0.5) is 11.6 Å². The van der Waals surface area contributed by atoms with Crippen molar-refractivity contribution in [3.63, 3.8) is 0 Å². The summed E-state index contributed by atoms with van der Waals surface area (Å²) in [7, 11) is 1.77. The smallest absolute Gasteiger partial charge is 0.269 e. The molecule has 1 fully saturated rings. The third kappa shape index (κ3) is 5.08. The van der Waals surface area contributed by atoms with Gasteiger partial charge in [-0.15, -0.1) is 0 Å². The predicted molar refractivity (Wildman–Crippen MR) is 121 cm³/mol. The van der Waals surface area contributed by atoms with Crippen LogP contribution in [-0.4, -0.2) is 56.2 Å². The summed E-state index contributed by atoms with van der Waals surface area (Å²) in [5, 5.41) is 10.8. The van der Waals surface area contributed by atoms with Gasteiger partial charge < -0.3 is 15.5 Å². The SMILES string of the molecule is Cc1cc(C)cc(Nc2nccc(-c3cc(C(=O)N[C@@H](C)CN4CCC4)n(C)n3)n2)c1. The molecule has 2 aromatic heterocycles. The second-order valence-electron chi connectivity index (χ2n) is 8.33. The number of amides is 1. The molecule has 8 heteroatoms. The van der Waals surface area contributed by atoms with Gasteiger partial charge in [-0.2, -0.15) is 5.10 Å². The zero-order chi connectivity index (χ0) is 22.0. The van der Waals surface area contributed by atoms with E-state index in [1.54, 1.807) is 30.1 Å². The molecule has 1 amide bonds. The van der Waals surface area contributed by atoms with Gasteiger partial charge in [0.15, 0.2) is 0 Å². The number of benzene rings is 1. The van der Waals surface area contributed by atoms with Gasteiger partial charge in [-0.05, 0) is 75.7 Å². The van der Waals surface area contributed by atoms with Crippen molar-refractivity contribution in [2.45, 2.75) is 33.2 Å². The number of hydrogen-bond donors (Lipinski definition) is 2. The maximum atomic E-state index is 12.7. The first-order valence-electron chi connectivity index (χ1n) is 10.6. The molecule has 3 aromatic rings. The van der Waals surface area contributed by atoms with Crippen molar-refractivity contribution in [1.29, 1.82) is 0 Å². The molecule has 0 aliphatic carbocycles. The summed E-state index contributed by atoms with van der Waals surface area (Å²) in [4.78, 5) is 24.0. The number of likely N-dealkylation sites (tertiary alicyclic amines) is 1. The van der Waals surface area contributed by atoms with E-state index in [-0.39, 0.29) is 11.9 Å². The Hall–Kier alpha value is -3.26. The lowest BCUT2D eigenvalue weighted by molar-refractivity contribution is 0.0905. The van der Waals surface area contributed by atoms with Crippen LogP contribution < -0.4 is 10.6 Å². The highest BCUT2D eigenvalue weighted by Crippen LogP contribution is 2.21. The maximum absolute atomic E-state index is 12.7. The minimum atomic E-state index is -0.128. The number of carbonyl (C=O) groups is 1. The molecule has 162 valence electrons. The number of carbonyl (C=O) groups excluding carboxylic acids is 1. The first-order valence-corrected chi connectivity index (χ1v) is 10.6. The highest BCUT2D eigenvalue weighted by Gasteiger charge is 2.20. The van der Waals surface area contributed by atoms with Gasteiger partial charge in [0.25, 0.3) is 5.91 Å². The van der Waals surface area contributed by atoms with Crippen molar-refractivity contribution in [2.75, 3.05) is 25.0 Å². The third-order valence-corrected chi connectivity index (χ3v) is 5.37. The molecule has 1 aliphatic heterocycles. The van der Waals surface area contributed by atoms with E-state index in [0.717, 1.165) is 25.3 Å². The fourth-order valence-corrected chi connectivity index (χ4v) is 3.84. The normalized spacial score (nSPS) is 14.7. The minimum absolute atomic E-state index is 0.0822. The molecule has 0 bridgehead atoms. The third-order valence-electron chi connectivity index (χ3n) is 5.37. The van der Waals surface area contributed by atoms with Gasteiger partial charge >= 0.3 is 0 Å². The molecule has 1 saturated heterocycles. The topological polar surface area (TPSA) is 88.0 Å². The van der Waals surface area contributed by atoms with Crippen LogP contribution in [0.3, 0.4) is 0 Å². The van der Waals surface area contributed by atoms with Crippen molar-refractivity contribution in [1.82, 2.24) is 30.0 Å².